The summed E-state index contributed by atoms with van der Waals surface area (Å²) >= 11 is 0. The summed E-state index contributed by atoms with van der Waals surface area (Å²) in [4.78, 5) is 30.2. The Labute approximate surface area is 110 Å². The molecule has 102 valence electrons. The van der Waals surface area contributed by atoms with Crippen molar-refractivity contribution in [3.63, 3.8) is 0 Å². The number of hydrogen-bond acceptors (Lipinski definition) is 7. The first kappa shape index (κ1) is 14.8. The Kier molecular flexibility index (Phi) is 6.17. The van der Waals surface area contributed by atoms with Crippen LogP contribution in [0.3, 0.4) is 0 Å². The second kappa shape index (κ2) is 7.93. The fraction of sp³-hybridized carbons (Fsp3) is 0.333. The molecule has 1 heterocycles. The Hall–Kier alpha value is -2.28. The molecular formula is C12H15N3O4. The molecule has 7 heteroatoms. The van der Waals surface area contributed by atoms with Crippen molar-refractivity contribution in [1.82, 2.24) is 9.97 Å². The van der Waals surface area contributed by atoms with Crippen LogP contribution in [0.2, 0.25) is 0 Å². The zero-order valence-electron chi connectivity index (χ0n) is 10.5. The van der Waals surface area contributed by atoms with Gasteiger partial charge in [0.25, 0.3) is 5.78 Å². The molecule has 0 bridgehead atoms. The molecule has 1 aromatic rings. The topological polar surface area (TPSA) is 101 Å². The zero-order chi connectivity index (χ0) is 14.1. The molecule has 7 nitrogen and oxygen atoms in total. The number of esters is 1. The van der Waals surface area contributed by atoms with Crippen LogP contribution in [-0.2, 0) is 14.3 Å². The molecule has 0 aliphatic rings. The highest BCUT2D eigenvalue weighted by Gasteiger charge is 2.10. The number of hydrogen-bond donors (Lipinski definition) is 2. The minimum atomic E-state index is -0.888. The average Bonchev–Trinajstić information content (AvgIpc) is 2.43. The zero-order valence-corrected chi connectivity index (χ0v) is 10.5. The van der Waals surface area contributed by atoms with Crippen LogP contribution >= 0.6 is 0 Å². The molecule has 0 unspecified atom stereocenters. The molecular weight excluding hydrogens is 250 g/mol. The minimum Gasteiger partial charge on any atom is -0.460 e. The summed E-state index contributed by atoms with van der Waals surface area (Å²) < 4.78 is 4.55. The SMILES string of the molecule is CCOC(=O)C(=O)/C=C/c1cnc(NCCO)nc1. The van der Waals surface area contributed by atoms with Crippen LogP contribution in [0, 0.1) is 0 Å². The van der Waals surface area contributed by atoms with E-state index in [4.69, 9.17) is 5.11 Å². The first-order valence-electron chi connectivity index (χ1n) is 5.73. The lowest BCUT2D eigenvalue weighted by Crippen LogP contribution is -2.14. The molecule has 0 aliphatic carbocycles. The third-order valence-corrected chi connectivity index (χ3v) is 1.97. The maximum absolute atomic E-state index is 11.3. The predicted octanol–water partition coefficient (Wildman–Crippen LogP) is 0.0262. The third kappa shape index (κ3) is 5.26. The van der Waals surface area contributed by atoms with E-state index in [1.165, 1.54) is 18.5 Å². The number of aliphatic hydroxyl groups is 1. The third-order valence-electron chi connectivity index (χ3n) is 1.97. The number of aliphatic hydroxyl groups excluding tert-OH is 1. The molecule has 0 spiro atoms. The Balaban J connectivity index is 2.57. The molecule has 0 saturated carbocycles. The monoisotopic (exact) mass is 265 g/mol. The molecule has 1 aromatic heterocycles. The highest BCUT2D eigenvalue weighted by atomic mass is 16.5. The van der Waals surface area contributed by atoms with Crippen molar-refractivity contribution in [3.05, 3.63) is 24.0 Å². The van der Waals surface area contributed by atoms with Crippen molar-refractivity contribution in [2.75, 3.05) is 25.1 Å². The maximum atomic E-state index is 11.3. The van der Waals surface area contributed by atoms with Crippen LogP contribution in [0.25, 0.3) is 6.08 Å². The standard InChI is InChI=1S/C12H15N3O4/c1-2-19-11(18)10(17)4-3-9-7-14-12(15-8-9)13-5-6-16/h3-4,7-8,16H,2,5-6H2,1H3,(H,13,14,15)/b4-3+. The van der Waals surface area contributed by atoms with E-state index in [2.05, 4.69) is 20.0 Å². The van der Waals surface area contributed by atoms with Crippen molar-refractivity contribution in [1.29, 1.82) is 0 Å². The number of nitrogens with zero attached hydrogens (tertiary/aromatic N) is 2. The number of carbonyl (C=O) groups excluding carboxylic acids is 2. The summed E-state index contributed by atoms with van der Waals surface area (Å²) in [6, 6.07) is 0. The van der Waals surface area contributed by atoms with Crippen molar-refractivity contribution in [2.45, 2.75) is 6.92 Å². The van der Waals surface area contributed by atoms with Crippen LogP contribution in [0.5, 0.6) is 0 Å². The summed E-state index contributed by atoms with van der Waals surface area (Å²) in [6.45, 7) is 2.13. The maximum Gasteiger partial charge on any atom is 0.379 e. The quantitative estimate of drug-likeness (QED) is 0.407. The van der Waals surface area contributed by atoms with Crippen molar-refractivity contribution in [2.24, 2.45) is 0 Å². The van der Waals surface area contributed by atoms with E-state index in [1.807, 2.05) is 0 Å². The van der Waals surface area contributed by atoms with E-state index in [-0.39, 0.29) is 13.2 Å². The fourth-order valence-corrected chi connectivity index (χ4v) is 1.13. The summed E-state index contributed by atoms with van der Waals surface area (Å²) in [6.07, 6.45) is 5.51. The normalized spacial score (nSPS) is 10.4. The minimum absolute atomic E-state index is 0.0148. The Bertz CT molecular complexity index is 457. The van der Waals surface area contributed by atoms with Crippen molar-refractivity contribution < 1.29 is 19.4 Å². The number of anilines is 1. The summed E-state index contributed by atoms with van der Waals surface area (Å²) in [5.41, 5.74) is 0.576. The summed E-state index contributed by atoms with van der Waals surface area (Å²) in [5, 5.41) is 11.4. The molecule has 0 radical (unpaired) electrons. The molecule has 0 fully saturated rings. The molecule has 0 aromatic carbocycles. The number of ketones is 1. The Morgan fingerprint density at radius 3 is 2.68 bits per heavy atom. The predicted molar refractivity (Wildman–Crippen MR) is 68.3 cm³/mol. The average molecular weight is 265 g/mol. The lowest BCUT2D eigenvalue weighted by Gasteiger charge is -2.01. The lowest BCUT2D eigenvalue weighted by molar-refractivity contribution is -0.151. The smallest absolute Gasteiger partial charge is 0.379 e. The largest absolute Gasteiger partial charge is 0.460 e. The highest BCUT2D eigenvalue weighted by Crippen LogP contribution is 2.02. The van der Waals surface area contributed by atoms with E-state index < -0.39 is 11.8 Å². The van der Waals surface area contributed by atoms with Crippen molar-refractivity contribution in [3.8, 4) is 0 Å². The number of carbonyl (C=O) groups is 2. The van der Waals surface area contributed by atoms with Gasteiger partial charge >= 0.3 is 5.97 Å². The van der Waals surface area contributed by atoms with Crippen molar-refractivity contribution >= 4 is 23.8 Å². The van der Waals surface area contributed by atoms with Gasteiger partial charge in [0, 0.05) is 24.5 Å². The van der Waals surface area contributed by atoms with Gasteiger partial charge in [-0.15, -0.1) is 0 Å². The lowest BCUT2D eigenvalue weighted by atomic mass is 10.2. The molecule has 0 atom stereocenters. The van der Waals surface area contributed by atoms with E-state index in [0.29, 0.717) is 18.1 Å². The Morgan fingerprint density at radius 2 is 2.11 bits per heavy atom. The fourth-order valence-electron chi connectivity index (χ4n) is 1.13. The second-order valence-electron chi connectivity index (χ2n) is 3.41. The van der Waals surface area contributed by atoms with Gasteiger partial charge < -0.3 is 15.2 Å². The number of aromatic nitrogens is 2. The van der Waals surface area contributed by atoms with Crippen LogP contribution < -0.4 is 5.32 Å². The van der Waals surface area contributed by atoms with Crippen LogP contribution in [0.15, 0.2) is 18.5 Å². The van der Waals surface area contributed by atoms with Crippen LogP contribution in [-0.4, -0.2) is 46.6 Å². The van der Waals surface area contributed by atoms with Gasteiger partial charge in [-0.05, 0) is 19.1 Å². The molecule has 0 saturated heterocycles. The van der Waals surface area contributed by atoms with Crippen LogP contribution in [0.4, 0.5) is 5.95 Å². The number of rotatable bonds is 7. The molecule has 1 rings (SSSR count). The first-order valence-corrected chi connectivity index (χ1v) is 5.73. The van der Waals surface area contributed by atoms with Gasteiger partial charge in [-0.2, -0.15) is 0 Å². The van der Waals surface area contributed by atoms with Gasteiger partial charge in [0.05, 0.1) is 13.2 Å². The molecule has 0 amide bonds. The van der Waals surface area contributed by atoms with Gasteiger partial charge in [-0.1, -0.05) is 0 Å². The van der Waals surface area contributed by atoms with Gasteiger partial charge in [0.2, 0.25) is 5.95 Å². The summed E-state index contributed by atoms with van der Waals surface area (Å²) in [7, 11) is 0. The van der Waals surface area contributed by atoms with E-state index in [1.54, 1.807) is 6.92 Å². The molecule has 19 heavy (non-hydrogen) atoms. The first-order chi connectivity index (χ1) is 9.17. The van der Waals surface area contributed by atoms with Gasteiger partial charge in [0.1, 0.15) is 0 Å². The van der Waals surface area contributed by atoms with Gasteiger partial charge in [-0.3, -0.25) is 4.79 Å². The van der Waals surface area contributed by atoms with E-state index in [9.17, 15) is 9.59 Å². The Morgan fingerprint density at radius 1 is 1.42 bits per heavy atom. The highest BCUT2D eigenvalue weighted by molar-refractivity contribution is 6.39. The second-order valence-corrected chi connectivity index (χ2v) is 3.41. The molecule has 2 N–H and O–H groups in total. The van der Waals surface area contributed by atoms with E-state index in [0.717, 1.165) is 6.08 Å². The van der Waals surface area contributed by atoms with Gasteiger partial charge in [-0.25, -0.2) is 14.8 Å². The number of nitrogens with one attached hydrogen (secondary N) is 1. The summed E-state index contributed by atoms with van der Waals surface area (Å²) in [5.74, 6) is -1.24. The molecule has 0 aliphatic heterocycles. The van der Waals surface area contributed by atoms with E-state index >= 15 is 0 Å². The van der Waals surface area contributed by atoms with Crippen LogP contribution in [0.1, 0.15) is 12.5 Å². The van der Waals surface area contributed by atoms with Gasteiger partial charge in [0.15, 0.2) is 0 Å². The number of ether oxygens (including phenoxy) is 1.